The third-order valence-electron chi connectivity index (χ3n) is 5.43. The van der Waals surface area contributed by atoms with Crippen LogP contribution in [0.4, 0.5) is 17.3 Å². The van der Waals surface area contributed by atoms with Crippen LogP contribution in [-0.2, 0) is 16.6 Å². The van der Waals surface area contributed by atoms with Crippen molar-refractivity contribution in [3.63, 3.8) is 0 Å². The second-order valence-corrected chi connectivity index (χ2v) is 8.24. The molecule has 0 radical (unpaired) electrons. The summed E-state index contributed by atoms with van der Waals surface area (Å²) in [5, 5.41) is 9.99. The average Bonchev–Trinajstić information content (AvgIpc) is 3.20. The van der Waals surface area contributed by atoms with Crippen molar-refractivity contribution in [3.8, 4) is 0 Å². The van der Waals surface area contributed by atoms with Gasteiger partial charge in [0.05, 0.1) is 12.7 Å². The van der Waals surface area contributed by atoms with Crippen molar-refractivity contribution in [2.45, 2.75) is 20.3 Å². The van der Waals surface area contributed by atoms with E-state index in [0.29, 0.717) is 37.0 Å². The lowest BCUT2D eigenvalue weighted by Gasteiger charge is -2.27. The SMILES string of the molecule is Cn1cc(NC(=O)c2cccc(N3CCNC(=O)C3)n2)c(N2CCC(C)(C)C2=O)n1. The van der Waals surface area contributed by atoms with E-state index in [1.807, 2.05) is 18.7 Å². The van der Waals surface area contributed by atoms with Crippen LogP contribution < -0.4 is 20.4 Å². The molecule has 30 heavy (non-hydrogen) atoms. The molecule has 0 atom stereocenters. The highest BCUT2D eigenvalue weighted by Crippen LogP contribution is 2.36. The number of carbonyl (C=O) groups is 3. The summed E-state index contributed by atoms with van der Waals surface area (Å²) in [6.45, 7) is 5.74. The molecule has 10 nitrogen and oxygen atoms in total. The first kappa shape index (κ1) is 19.9. The quantitative estimate of drug-likeness (QED) is 0.768. The summed E-state index contributed by atoms with van der Waals surface area (Å²) in [6.07, 6.45) is 2.40. The van der Waals surface area contributed by atoms with Gasteiger partial charge in [-0.25, -0.2) is 4.98 Å². The third kappa shape index (κ3) is 3.72. The maximum absolute atomic E-state index is 12.9. The van der Waals surface area contributed by atoms with Gasteiger partial charge in [0, 0.05) is 32.1 Å². The highest BCUT2D eigenvalue weighted by atomic mass is 16.2. The predicted octanol–water partition coefficient (Wildman–Crippen LogP) is 0.766. The zero-order valence-electron chi connectivity index (χ0n) is 17.3. The molecule has 0 bridgehead atoms. The zero-order chi connectivity index (χ0) is 21.5. The van der Waals surface area contributed by atoms with Gasteiger partial charge in [-0.05, 0) is 18.6 Å². The minimum Gasteiger partial charge on any atom is -0.353 e. The van der Waals surface area contributed by atoms with E-state index in [2.05, 4.69) is 20.7 Å². The Labute approximate surface area is 174 Å². The van der Waals surface area contributed by atoms with Gasteiger partial charge in [-0.3, -0.25) is 24.0 Å². The van der Waals surface area contributed by atoms with E-state index in [9.17, 15) is 14.4 Å². The number of nitrogens with zero attached hydrogens (tertiary/aromatic N) is 5. The van der Waals surface area contributed by atoms with Crippen molar-refractivity contribution < 1.29 is 14.4 Å². The van der Waals surface area contributed by atoms with Gasteiger partial charge in [0.25, 0.3) is 5.91 Å². The Bertz CT molecular complexity index is 1010. The van der Waals surface area contributed by atoms with Gasteiger partial charge in [-0.15, -0.1) is 0 Å². The minimum atomic E-state index is -0.449. The molecule has 2 saturated heterocycles. The summed E-state index contributed by atoms with van der Waals surface area (Å²) in [4.78, 5) is 45.1. The van der Waals surface area contributed by atoms with Crippen LogP contribution in [0.5, 0.6) is 0 Å². The van der Waals surface area contributed by atoms with Gasteiger partial charge < -0.3 is 15.5 Å². The van der Waals surface area contributed by atoms with E-state index in [-0.39, 0.29) is 24.1 Å². The Morgan fingerprint density at radius 1 is 1.23 bits per heavy atom. The lowest BCUT2D eigenvalue weighted by atomic mass is 9.92. The summed E-state index contributed by atoms with van der Waals surface area (Å²) in [5.74, 6) is 0.514. The number of aryl methyl sites for hydroxylation is 1. The molecule has 2 fully saturated rings. The molecule has 2 aromatic heterocycles. The molecule has 0 aliphatic carbocycles. The lowest BCUT2D eigenvalue weighted by Crippen LogP contribution is -2.48. The first-order chi connectivity index (χ1) is 14.2. The fraction of sp³-hybridized carbons (Fsp3) is 0.450. The smallest absolute Gasteiger partial charge is 0.274 e. The zero-order valence-corrected chi connectivity index (χ0v) is 17.3. The Balaban J connectivity index is 1.55. The molecule has 0 saturated carbocycles. The van der Waals surface area contributed by atoms with E-state index in [4.69, 9.17) is 0 Å². The van der Waals surface area contributed by atoms with Crippen LogP contribution >= 0.6 is 0 Å². The van der Waals surface area contributed by atoms with Crippen LogP contribution in [0.2, 0.25) is 0 Å². The van der Waals surface area contributed by atoms with Crippen LogP contribution in [0.15, 0.2) is 24.4 Å². The molecule has 2 aliphatic rings. The van der Waals surface area contributed by atoms with Crippen molar-refractivity contribution in [2.75, 3.05) is 41.3 Å². The first-order valence-electron chi connectivity index (χ1n) is 9.90. The third-order valence-corrected chi connectivity index (χ3v) is 5.43. The number of piperazine rings is 1. The number of rotatable bonds is 4. The van der Waals surface area contributed by atoms with Gasteiger partial charge >= 0.3 is 0 Å². The first-order valence-corrected chi connectivity index (χ1v) is 9.90. The molecule has 4 heterocycles. The Morgan fingerprint density at radius 2 is 2.03 bits per heavy atom. The predicted molar refractivity (Wildman–Crippen MR) is 111 cm³/mol. The van der Waals surface area contributed by atoms with E-state index in [0.717, 1.165) is 6.42 Å². The average molecular weight is 411 g/mol. The number of anilines is 3. The molecule has 2 aromatic rings. The Hall–Kier alpha value is -3.43. The van der Waals surface area contributed by atoms with E-state index in [1.165, 1.54) is 0 Å². The minimum absolute atomic E-state index is 0.0137. The topological polar surface area (TPSA) is 112 Å². The summed E-state index contributed by atoms with van der Waals surface area (Å²) in [6, 6.07) is 5.12. The van der Waals surface area contributed by atoms with Gasteiger partial charge in [0.15, 0.2) is 5.82 Å². The maximum atomic E-state index is 12.9. The second-order valence-electron chi connectivity index (χ2n) is 8.24. The van der Waals surface area contributed by atoms with Gasteiger partial charge in [0.1, 0.15) is 17.2 Å². The van der Waals surface area contributed by atoms with Gasteiger partial charge in [0.2, 0.25) is 11.8 Å². The molecule has 0 aromatic carbocycles. The number of hydrogen-bond donors (Lipinski definition) is 2. The van der Waals surface area contributed by atoms with Gasteiger partial charge in [-0.1, -0.05) is 19.9 Å². The summed E-state index contributed by atoms with van der Waals surface area (Å²) in [7, 11) is 1.74. The normalized spacial score (nSPS) is 18.5. The monoisotopic (exact) mass is 411 g/mol. The summed E-state index contributed by atoms with van der Waals surface area (Å²) in [5.41, 5.74) is 0.231. The van der Waals surface area contributed by atoms with Crippen molar-refractivity contribution >= 4 is 35.0 Å². The summed E-state index contributed by atoms with van der Waals surface area (Å²) < 4.78 is 1.57. The van der Waals surface area contributed by atoms with Crippen LogP contribution in [0.25, 0.3) is 0 Å². The molecule has 10 heteroatoms. The number of aromatic nitrogens is 3. The maximum Gasteiger partial charge on any atom is 0.274 e. The second kappa shape index (κ2) is 7.43. The van der Waals surface area contributed by atoms with Crippen molar-refractivity contribution in [1.82, 2.24) is 20.1 Å². The molecule has 3 amide bonds. The number of carbonyl (C=O) groups excluding carboxylic acids is 3. The number of amides is 3. The van der Waals surface area contributed by atoms with Crippen LogP contribution in [0, 0.1) is 5.41 Å². The lowest BCUT2D eigenvalue weighted by molar-refractivity contribution is -0.124. The molecule has 0 spiro atoms. The van der Waals surface area contributed by atoms with E-state index >= 15 is 0 Å². The Morgan fingerprint density at radius 3 is 2.73 bits per heavy atom. The highest BCUT2D eigenvalue weighted by molar-refractivity contribution is 6.07. The molecule has 158 valence electrons. The highest BCUT2D eigenvalue weighted by Gasteiger charge is 2.41. The van der Waals surface area contributed by atoms with Crippen molar-refractivity contribution in [3.05, 3.63) is 30.1 Å². The number of pyridine rings is 1. The molecular formula is C20H25N7O3. The number of nitrogens with one attached hydrogen (secondary N) is 2. The van der Waals surface area contributed by atoms with Crippen molar-refractivity contribution in [2.24, 2.45) is 12.5 Å². The van der Waals surface area contributed by atoms with Crippen LogP contribution in [0.1, 0.15) is 30.8 Å². The van der Waals surface area contributed by atoms with Crippen LogP contribution in [0.3, 0.4) is 0 Å². The molecule has 2 aliphatic heterocycles. The van der Waals surface area contributed by atoms with Crippen molar-refractivity contribution in [1.29, 1.82) is 0 Å². The number of hydrogen-bond acceptors (Lipinski definition) is 6. The van der Waals surface area contributed by atoms with E-state index < -0.39 is 11.3 Å². The molecule has 4 rings (SSSR count). The fourth-order valence-electron chi connectivity index (χ4n) is 3.68. The largest absolute Gasteiger partial charge is 0.353 e. The Kier molecular flexibility index (Phi) is 4.92. The van der Waals surface area contributed by atoms with Gasteiger partial charge in [-0.2, -0.15) is 5.10 Å². The standard InChI is InChI=1S/C20H25N7O3/c1-20(2)7-9-27(19(20)30)17-14(11-25(3)24-17)23-18(29)13-5-4-6-15(22-13)26-10-8-21-16(28)12-26/h4-6,11H,7-10,12H2,1-3H3,(H,21,28)(H,23,29). The fourth-order valence-corrected chi connectivity index (χ4v) is 3.68. The van der Waals surface area contributed by atoms with E-state index in [1.54, 1.807) is 41.0 Å². The molecule has 0 unspecified atom stereocenters. The summed E-state index contributed by atoms with van der Waals surface area (Å²) >= 11 is 0. The van der Waals surface area contributed by atoms with Crippen LogP contribution in [-0.4, -0.2) is 58.7 Å². The molecular weight excluding hydrogens is 386 g/mol. The molecule has 2 N–H and O–H groups in total.